The van der Waals surface area contributed by atoms with Gasteiger partial charge in [-0.15, -0.1) is 0 Å². The first-order chi connectivity index (χ1) is 8.20. The maximum atomic E-state index is 11.4. The van der Waals surface area contributed by atoms with Crippen LogP contribution < -0.4 is 9.47 Å². The fraction of sp³-hybridized carbons (Fsp3) is 0.462. The minimum atomic E-state index is -0.215. The predicted molar refractivity (Wildman–Crippen MR) is 62.5 cm³/mol. The van der Waals surface area contributed by atoms with E-state index in [1.165, 1.54) is 0 Å². The molecule has 0 radical (unpaired) electrons. The zero-order valence-electron chi connectivity index (χ0n) is 10.1. The van der Waals surface area contributed by atoms with Crippen LogP contribution in [0.1, 0.15) is 18.1 Å². The van der Waals surface area contributed by atoms with Crippen molar-refractivity contribution in [2.24, 2.45) is 0 Å². The standard InChI is InChI=1S/C13H16O4/c1-3-15-13(14)8-10-7-12-11(6-9(10)2)16-4-5-17-12/h6-7H,3-5,8H2,1-2H3. The van der Waals surface area contributed by atoms with Crippen molar-refractivity contribution in [3.05, 3.63) is 23.3 Å². The van der Waals surface area contributed by atoms with Gasteiger partial charge in [-0.25, -0.2) is 0 Å². The second-order valence-corrected chi connectivity index (χ2v) is 3.90. The summed E-state index contributed by atoms with van der Waals surface area (Å²) in [5, 5.41) is 0. The molecule has 1 heterocycles. The van der Waals surface area contributed by atoms with Gasteiger partial charge in [0.1, 0.15) is 13.2 Å². The summed E-state index contributed by atoms with van der Waals surface area (Å²) in [6.07, 6.45) is 0.274. The maximum Gasteiger partial charge on any atom is 0.310 e. The van der Waals surface area contributed by atoms with Gasteiger partial charge in [-0.1, -0.05) is 0 Å². The van der Waals surface area contributed by atoms with Crippen molar-refractivity contribution < 1.29 is 19.0 Å². The van der Waals surface area contributed by atoms with Gasteiger partial charge in [0.15, 0.2) is 11.5 Å². The first kappa shape index (κ1) is 11.8. The summed E-state index contributed by atoms with van der Waals surface area (Å²) in [6.45, 7) is 5.28. The molecule has 0 saturated heterocycles. The van der Waals surface area contributed by atoms with E-state index in [1.54, 1.807) is 6.92 Å². The first-order valence-corrected chi connectivity index (χ1v) is 5.75. The normalized spacial score (nSPS) is 13.3. The molecule has 1 aromatic carbocycles. The number of benzene rings is 1. The summed E-state index contributed by atoms with van der Waals surface area (Å²) in [4.78, 5) is 11.4. The molecule has 0 atom stereocenters. The van der Waals surface area contributed by atoms with E-state index in [2.05, 4.69) is 0 Å². The van der Waals surface area contributed by atoms with Crippen LogP contribution in [0.15, 0.2) is 12.1 Å². The first-order valence-electron chi connectivity index (χ1n) is 5.75. The molecule has 0 aromatic heterocycles. The zero-order chi connectivity index (χ0) is 12.3. The summed E-state index contributed by atoms with van der Waals surface area (Å²) in [7, 11) is 0. The van der Waals surface area contributed by atoms with Gasteiger partial charge in [0.2, 0.25) is 0 Å². The fourth-order valence-electron chi connectivity index (χ4n) is 1.79. The molecule has 0 N–H and O–H groups in total. The number of esters is 1. The number of carbonyl (C=O) groups is 1. The topological polar surface area (TPSA) is 44.8 Å². The van der Waals surface area contributed by atoms with Crippen LogP contribution in [0.3, 0.4) is 0 Å². The van der Waals surface area contributed by atoms with E-state index in [-0.39, 0.29) is 12.4 Å². The van der Waals surface area contributed by atoms with Crippen molar-refractivity contribution in [2.75, 3.05) is 19.8 Å². The Balaban J connectivity index is 2.19. The molecule has 0 amide bonds. The lowest BCUT2D eigenvalue weighted by Crippen LogP contribution is -2.16. The number of rotatable bonds is 3. The largest absolute Gasteiger partial charge is 0.486 e. The van der Waals surface area contributed by atoms with E-state index in [0.29, 0.717) is 25.6 Å². The molecule has 0 bridgehead atoms. The molecule has 0 saturated carbocycles. The van der Waals surface area contributed by atoms with Crippen LogP contribution >= 0.6 is 0 Å². The van der Waals surface area contributed by atoms with Crippen molar-refractivity contribution in [3.8, 4) is 11.5 Å². The Morgan fingerprint density at radius 3 is 2.59 bits per heavy atom. The lowest BCUT2D eigenvalue weighted by molar-refractivity contribution is -0.142. The second kappa shape index (κ2) is 5.08. The summed E-state index contributed by atoms with van der Waals surface area (Å²) in [6, 6.07) is 3.77. The van der Waals surface area contributed by atoms with Crippen LogP contribution in [0.2, 0.25) is 0 Å². The molecule has 92 valence electrons. The van der Waals surface area contributed by atoms with Crippen LogP contribution in [-0.2, 0) is 16.0 Å². The number of fused-ring (bicyclic) bond motifs is 1. The molecule has 0 aliphatic carbocycles. The molecule has 0 fully saturated rings. The summed E-state index contributed by atoms with van der Waals surface area (Å²) >= 11 is 0. The lowest BCUT2D eigenvalue weighted by Gasteiger charge is -2.20. The highest BCUT2D eigenvalue weighted by Gasteiger charge is 2.15. The highest BCUT2D eigenvalue weighted by Crippen LogP contribution is 2.33. The molecule has 17 heavy (non-hydrogen) atoms. The second-order valence-electron chi connectivity index (χ2n) is 3.90. The van der Waals surface area contributed by atoms with Crippen LogP contribution in [-0.4, -0.2) is 25.8 Å². The van der Waals surface area contributed by atoms with Gasteiger partial charge in [0, 0.05) is 0 Å². The Kier molecular flexibility index (Phi) is 3.52. The average Bonchev–Trinajstić information content (AvgIpc) is 2.30. The molecule has 4 heteroatoms. The number of aryl methyl sites for hydroxylation is 1. The third-order valence-electron chi connectivity index (χ3n) is 2.64. The van der Waals surface area contributed by atoms with Gasteiger partial charge >= 0.3 is 5.97 Å². The minimum absolute atomic E-state index is 0.215. The Labute approximate surface area is 100 Å². The Morgan fingerprint density at radius 2 is 1.94 bits per heavy atom. The van der Waals surface area contributed by atoms with Crippen LogP contribution in [0.25, 0.3) is 0 Å². The van der Waals surface area contributed by atoms with Gasteiger partial charge < -0.3 is 14.2 Å². The average molecular weight is 236 g/mol. The van der Waals surface area contributed by atoms with E-state index in [9.17, 15) is 4.79 Å². The van der Waals surface area contributed by atoms with Crippen LogP contribution in [0, 0.1) is 6.92 Å². The molecular weight excluding hydrogens is 220 g/mol. The van der Waals surface area contributed by atoms with Crippen LogP contribution in [0.5, 0.6) is 11.5 Å². The van der Waals surface area contributed by atoms with Gasteiger partial charge in [-0.05, 0) is 37.1 Å². The Morgan fingerprint density at radius 1 is 1.29 bits per heavy atom. The zero-order valence-corrected chi connectivity index (χ0v) is 10.1. The molecule has 2 rings (SSSR count). The van der Waals surface area contributed by atoms with Gasteiger partial charge in [0.05, 0.1) is 13.0 Å². The van der Waals surface area contributed by atoms with E-state index in [0.717, 1.165) is 16.9 Å². The monoisotopic (exact) mass is 236 g/mol. The molecule has 0 spiro atoms. The third kappa shape index (κ3) is 2.70. The van der Waals surface area contributed by atoms with E-state index in [4.69, 9.17) is 14.2 Å². The predicted octanol–water partition coefficient (Wildman–Crippen LogP) is 1.87. The quantitative estimate of drug-likeness (QED) is 0.751. The van der Waals surface area contributed by atoms with Gasteiger partial charge in [-0.2, -0.15) is 0 Å². The SMILES string of the molecule is CCOC(=O)Cc1cc2c(cc1C)OCCO2. The van der Waals surface area contributed by atoms with E-state index in [1.807, 2.05) is 19.1 Å². The summed E-state index contributed by atoms with van der Waals surface area (Å²) in [5.41, 5.74) is 1.94. The van der Waals surface area contributed by atoms with E-state index < -0.39 is 0 Å². The molecular formula is C13H16O4. The van der Waals surface area contributed by atoms with Crippen molar-refractivity contribution in [1.29, 1.82) is 0 Å². The Bertz CT molecular complexity index is 426. The van der Waals surface area contributed by atoms with Crippen LogP contribution in [0.4, 0.5) is 0 Å². The number of ether oxygens (including phenoxy) is 3. The van der Waals surface area contributed by atoms with Crippen molar-refractivity contribution in [3.63, 3.8) is 0 Å². The van der Waals surface area contributed by atoms with Crippen molar-refractivity contribution in [1.82, 2.24) is 0 Å². The summed E-state index contributed by atoms with van der Waals surface area (Å²) < 4.78 is 15.9. The van der Waals surface area contributed by atoms with Crippen molar-refractivity contribution >= 4 is 5.97 Å². The molecule has 1 aliphatic heterocycles. The number of hydrogen-bond donors (Lipinski definition) is 0. The molecule has 1 aliphatic rings. The van der Waals surface area contributed by atoms with Gasteiger partial charge in [0.25, 0.3) is 0 Å². The van der Waals surface area contributed by atoms with E-state index >= 15 is 0 Å². The maximum absolute atomic E-state index is 11.4. The minimum Gasteiger partial charge on any atom is -0.486 e. The summed E-state index contributed by atoms with van der Waals surface area (Å²) in [5.74, 6) is 1.25. The highest BCUT2D eigenvalue weighted by molar-refractivity contribution is 5.73. The third-order valence-corrected chi connectivity index (χ3v) is 2.64. The fourth-order valence-corrected chi connectivity index (χ4v) is 1.79. The molecule has 1 aromatic rings. The Hall–Kier alpha value is -1.71. The number of carbonyl (C=O) groups excluding carboxylic acids is 1. The molecule has 0 unspecified atom stereocenters. The highest BCUT2D eigenvalue weighted by atomic mass is 16.6. The number of hydrogen-bond acceptors (Lipinski definition) is 4. The smallest absolute Gasteiger partial charge is 0.310 e. The van der Waals surface area contributed by atoms with Gasteiger partial charge in [-0.3, -0.25) is 4.79 Å². The van der Waals surface area contributed by atoms with Crippen molar-refractivity contribution in [2.45, 2.75) is 20.3 Å². The molecule has 4 nitrogen and oxygen atoms in total. The lowest BCUT2D eigenvalue weighted by atomic mass is 10.0.